The van der Waals surface area contributed by atoms with E-state index >= 15 is 0 Å². The number of aliphatic hydroxyl groups is 1. The van der Waals surface area contributed by atoms with Crippen LogP contribution in [-0.2, 0) is 4.84 Å². The van der Waals surface area contributed by atoms with Crippen LogP contribution in [0.3, 0.4) is 0 Å². The number of hydrogen-bond acceptors (Lipinski definition) is 3. The Labute approximate surface area is 81.4 Å². The third-order valence-corrected chi connectivity index (χ3v) is 2.24. The van der Waals surface area contributed by atoms with Gasteiger partial charge in [-0.15, -0.1) is 0 Å². The topological polar surface area (TPSA) is 41.5 Å². The first-order valence-corrected chi connectivity index (χ1v) is 5.11. The summed E-state index contributed by atoms with van der Waals surface area (Å²) in [5.74, 6) is 0.517. The van der Waals surface area contributed by atoms with Crippen LogP contribution in [0, 0.1) is 5.92 Å². The molecule has 0 rings (SSSR count). The van der Waals surface area contributed by atoms with Crippen LogP contribution in [-0.4, -0.2) is 23.9 Å². The normalized spacial score (nSPS) is 12.5. The van der Waals surface area contributed by atoms with Gasteiger partial charge in [0.05, 0.1) is 12.2 Å². The van der Waals surface area contributed by atoms with E-state index in [1.165, 1.54) is 0 Å². The van der Waals surface area contributed by atoms with Crippen molar-refractivity contribution in [3.63, 3.8) is 0 Å². The van der Waals surface area contributed by atoms with E-state index in [9.17, 15) is 5.11 Å². The first-order chi connectivity index (χ1) is 6.04. The monoisotopic (exact) mass is 189 g/mol. The van der Waals surface area contributed by atoms with Gasteiger partial charge in [-0.25, -0.2) is 0 Å². The summed E-state index contributed by atoms with van der Waals surface area (Å²) in [6.07, 6.45) is 1.50. The van der Waals surface area contributed by atoms with Crippen LogP contribution in [0.2, 0.25) is 0 Å². The average molecular weight is 189 g/mol. The summed E-state index contributed by atoms with van der Waals surface area (Å²) in [4.78, 5) is 5.18. The van der Waals surface area contributed by atoms with E-state index in [1.807, 2.05) is 13.8 Å². The smallest absolute Gasteiger partial charge is 0.0789 e. The van der Waals surface area contributed by atoms with Gasteiger partial charge in [-0.3, -0.25) is 0 Å². The highest BCUT2D eigenvalue weighted by Crippen LogP contribution is 2.12. The van der Waals surface area contributed by atoms with Gasteiger partial charge in [0.15, 0.2) is 0 Å². The standard InChI is InChI=1S/C10H23NO2/c1-5-10(12,6-2)8-11-13-7-9(3)4/h9,11-12H,5-8H2,1-4H3. The maximum atomic E-state index is 9.85. The van der Waals surface area contributed by atoms with Crippen LogP contribution < -0.4 is 5.48 Å². The van der Waals surface area contributed by atoms with E-state index in [1.54, 1.807) is 0 Å². The highest BCUT2D eigenvalue weighted by Gasteiger charge is 2.21. The molecule has 2 N–H and O–H groups in total. The summed E-state index contributed by atoms with van der Waals surface area (Å²) < 4.78 is 0. The van der Waals surface area contributed by atoms with Gasteiger partial charge < -0.3 is 9.94 Å². The Balaban J connectivity index is 3.50. The quantitative estimate of drug-likeness (QED) is 0.473. The zero-order valence-corrected chi connectivity index (χ0v) is 9.26. The molecule has 13 heavy (non-hydrogen) atoms. The summed E-state index contributed by atoms with van der Waals surface area (Å²) in [5.41, 5.74) is 2.20. The molecule has 0 aromatic heterocycles. The molecule has 0 aliphatic carbocycles. The summed E-state index contributed by atoms with van der Waals surface area (Å²) >= 11 is 0. The molecule has 0 atom stereocenters. The van der Waals surface area contributed by atoms with E-state index in [0.717, 1.165) is 12.8 Å². The lowest BCUT2D eigenvalue weighted by Crippen LogP contribution is -2.39. The van der Waals surface area contributed by atoms with Gasteiger partial charge in [-0.05, 0) is 18.8 Å². The highest BCUT2D eigenvalue weighted by atomic mass is 16.6. The second-order valence-electron chi connectivity index (χ2n) is 3.96. The Bertz CT molecular complexity index is 122. The molecular formula is C10H23NO2. The van der Waals surface area contributed by atoms with Crippen molar-refractivity contribution >= 4 is 0 Å². The number of hydroxylamine groups is 1. The van der Waals surface area contributed by atoms with Crippen molar-refractivity contribution in [3.8, 4) is 0 Å². The third-order valence-electron chi connectivity index (χ3n) is 2.24. The van der Waals surface area contributed by atoms with Crippen LogP contribution in [0.1, 0.15) is 40.5 Å². The zero-order valence-electron chi connectivity index (χ0n) is 9.26. The summed E-state index contributed by atoms with van der Waals surface area (Å²) in [5, 5.41) is 9.85. The molecule has 3 heteroatoms. The van der Waals surface area contributed by atoms with Gasteiger partial charge in [0.25, 0.3) is 0 Å². The first-order valence-electron chi connectivity index (χ1n) is 5.11. The Morgan fingerprint density at radius 1 is 1.31 bits per heavy atom. The molecule has 0 unspecified atom stereocenters. The van der Waals surface area contributed by atoms with Crippen molar-refractivity contribution in [2.45, 2.75) is 46.1 Å². The van der Waals surface area contributed by atoms with Gasteiger partial charge in [0, 0.05) is 6.54 Å². The molecule has 0 spiro atoms. The molecule has 0 radical (unpaired) electrons. The average Bonchev–Trinajstić information content (AvgIpc) is 2.12. The Hall–Kier alpha value is -0.120. The van der Waals surface area contributed by atoms with E-state index in [4.69, 9.17) is 4.84 Å². The molecule has 0 amide bonds. The van der Waals surface area contributed by atoms with Gasteiger partial charge >= 0.3 is 0 Å². The molecular weight excluding hydrogens is 166 g/mol. The largest absolute Gasteiger partial charge is 0.388 e. The van der Waals surface area contributed by atoms with Crippen molar-refractivity contribution < 1.29 is 9.94 Å². The van der Waals surface area contributed by atoms with Crippen molar-refractivity contribution in [3.05, 3.63) is 0 Å². The van der Waals surface area contributed by atoms with Crippen molar-refractivity contribution in [1.29, 1.82) is 0 Å². The van der Waals surface area contributed by atoms with Gasteiger partial charge in [0.1, 0.15) is 0 Å². The molecule has 3 nitrogen and oxygen atoms in total. The SMILES string of the molecule is CCC(O)(CC)CNOCC(C)C. The second-order valence-corrected chi connectivity index (χ2v) is 3.96. The lowest BCUT2D eigenvalue weighted by atomic mass is 9.98. The fraction of sp³-hybridized carbons (Fsp3) is 1.00. The molecule has 0 saturated carbocycles. The lowest BCUT2D eigenvalue weighted by Gasteiger charge is -2.25. The predicted octanol–water partition coefficient (Wildman–Crippen LogP) is 1.71. The van der Waals surface area contributed by atoms with Crippen molar-refractivity contribution in [2.75, 3.05) is 13.2 Å². The van der Waals surface area contributed by atoms with E-state index in [2.05, 4.69) is 19.3 Å². The second kappa shape index (κ2) is 6.35. The van der Waals surface area contributed by atoms with Gasteiger partial charge in [-0.2, -0.15) is 5.48 Å². The van der Waals surface area contributed by atoms with Crippen LogP contribution in [0.25, 0.3) is 0 Å². The molecule has 0 heterocycles. The van der Waals surface area contributed by atoms with Crippen molar-refractivity contribution in [2.24, 2.45) is 5.92 Å². The van der Waals surface area contributed by atoms with Crippen LogP contribution in [0.15, 0.2) is 0 Å². The third kappa shape index (κ3) is 6.02. The highest BCUT2D eigenvalue weighted by molar-refractivity contribution is 4.75. The minimum Gasteiger partial charge on any atom is -0.388 e. The molecule has 0 aliphatic heterocycles. The van der Waals surface area contributed by atoms with Crippen LogP contribution in [0.4, 0.5) is 0 Å². The first kappa shape index (κ1) is 12.9. The molecule has 0 aromatic rings. The fourth-order valence-corrected chi connectivity index (χ4v) is 0.911. The molecule has 0 fully saturated rings. The molecule has 0 aliphatic rings. The maximum absolute atomic E-state index is 9.85. The maximum Gasteiger partial charge on any atom is 0.0789 e. The van der Waals surface area contributed by atoms with Crippen LogP contribution >= 0.6 is 0 Å². The molecule has 80 valence electrons. The van der Waals surface area contributed by atoms with E-state index < -0.39 is 5.60 Å². The fourth-order valence-electron chi connectivity index (χ4n) is 0.911. The lowest BCUT2D eigenvalue weighted by molar-refractivity contribution is -0.0429. The summed E-state index contributed by atoms with van der Waals surface area (Å²) in [6.45, 7) is 9.33. The summed E-state index contributed by atoms with van der Waals surface area (Å²) in [7, 11) is 0. The zero-order chi connectivity index (χ0) is 10.3. The number of nitrogens with one attached hydrogen (secondary N) is 1. The molecule has 0 aromatic carbocycles. The number of hydrogen-bond donors (Lipinski definition) is 2. The van der Waals surface area contributed by atoms with Gasteiger partial charge in [0.2, 0.25) is 0 Å². The van der Waals surface area contributed by atoms with Gasteiger partial charge in [-0.1, -0.05) is 27.7 Å². The van der Waals surface area contributed by atoms with E-state index in [-0.39, 0.29) is 0 Å². The minimum absolute atomic E-state index is 0.507. The predicted molar refractivity (Wildman–Crippen MR) is 54.3 cm³/mol. The number of rotatable bonds is 7. The van der Waals surface area contributed by atoms with E-state index in [0.29, 0.717) is 19.1 Å². The Morgan fingerprint density at radius 3 is 2.23 bits per heavy atom. The Morgan fingerprint density at radius 2 is 1.85 bits per heavy atom. The molecule has 0 bridgehead atoms. The Kier molecular flexibility index (Phi) is 6.29. The summed E-state index contributed by atoms with van der Waals surface area (Å²) in [6, 6.07) is 0. The molecule has 0 saturated heterocycles. The minimum atomic E-state index is -0.614. The van der Waals surface area contributed by atoms with Crippen LogP contribution in [0.5, 0.6) is 0 Å². The van der Waals surface area contributed by atoms with Crippen molar-refractivity contribution in [1.82, 2.24) is 5.48 Å².